The van der Waals surface area contributed by atoms with Gasteiger partial charge in [-0.1, -0.05) is 13.0 Å². The molecule has 1 saturated carbocycles. The smallest absolute Gasteiger partial charge is 0.228 e. The lowest BCUT2D eigenvalue weighted by Crippen LogP contribution is -2.51. The Morgan fingerprint density at radius 3 is 2.75 bits per heavy atom. The number of carbonyl (C=O) groups excluding carboxylic acids is 2. The average Bonchev–Trinajstić information content (AvgIpc) is 3.10. The molecule has 1 N–H and O–H groups in total. The minimum atomic E-state index is -0.200. The summed E-state index contributed by atoms with van der Waals surface area (Å²) in [5.74, 6) is 0.859. The number of nitrogens with zero attached hydrogens (tertiary/aromatic N) is 3. The first-order valence-electron chi connectivity index (χ1n) is 10.3. The third kappa shape index (κ3) is 4.33. The van der Waals surface area contributed by atoms with Crippen molar-refractivity contribution in [2.24, 2.45) is 11.8 Å². The zero-order valence-electron chi connectivity index (χ0n) is 16.5. The van der Waals surface area contributed by atoms with Gasteiger partial charge < -0.3 is 15.1 Å². The Kier molecular flexibility index (Phi) is 6.94. The van der Waals surface area contributed by atoms with Crippen molar-refractivity contribution >= 4 is 24.2 Å². The summed E-state index contributed by atoms with van der Waals surface area (Å²) in [6.07, 6.45) is 8.51. The fourth-order valence-electron chi connectivity index (χ4n) is 4.88. The normalized spacial score (nSPS) is 30.8. The number of aromatic nitrogens is 1. The maximum atomic E-state index is 13.3. The number of pyridine rings is 1. The number of likely N-dealkylation sites (tertiary alicyclic amines) is 1. The van der Waals surface area contributed by atoms with E-state index in [2.05, 4.69) is 17.2 Å². The van der Waals surface area contributed by atoms with E-state index < -0.39 is 0 Å². The molecule has 2 saturated heterocycles. The van der Waals surface area contributed by atoms with Crippen LogP contribution < -0.4 is 5.32 Å². The minimum Gasteiger partial charge on any atom is -0.339 e. The summed E-state index contributed by atoms with van der Waals surface area (Å²) in [6.45, 7) is 5.11. The van der Waals surface area contributed by atoms with Crippen LogP contribution in [-0.4, -0.2) is 58.8 Å². The molecule has 2 unspecified atom stereocenters. The molecule has 154 valence electrons. The molecule has 7 heteroatoms. The number of rotatable bonds is 3. The third-order valence-corrected chi connectivity index (χ3v) is 6.53. The second kappa shape index (κ2) is 9.23. The van der Waals surface area contributed by atoms with E-state index in [1.165, 1.54) is 12.8 Å². The molecule has 6 nitrogen and oxygen atoms in total. The van der Waals surface area contributed by atoms with Gasteiger partial charge >= 0.3 is 0 Å². The second-order valence-corrected chi connectivity index (χ2v) is 8.40. The van der Waals surface area contributed by atoms with Crippen molar-refractivity contribution in [3.63, 3.8) is 0 Å². The lowest BCUT2D eigenvalue weighted by atomic mass is 9.86. The molecule has 1 aliphatic carbocycles. The predicted octanol–water partition coefficient (Wildman–Crippen LogP) is 2.40. The van der Waals surface area contributed by atoms with Gasteiger partial charge in [0.05, 0.1) is 12.0 Å². The largest absolute Gasteiger partial charge is 0.339 e. The van der Waals surface area contributed by atoms with Gasteiger partial charge in [-0.2, -0.15) is 0 Å². The molecule has 0 aromatic carbocycles. The molecular formula is C21H31ClN4O2. The van der Waals surface area contributed by atoms with Gasteiger partial charge in [-0.25, -0.2) is 0 Å². The molecule has 28 heavy (non-hydrogen) atoms. The molecular weight excluding hydrogens is 376 g/mol. The van der Waals surface area contributed by atoms with Crippen molar-refractivity contribution in [2.45, 2.75) is 51.1 Å². The number of nitrogens with one attached hydrogen (secondary N) is 1. The highest BCUT2D eigenvalue weighted by Gasteiger charge is 2.42. The van der Waals surface area contributed by atoms with Crippen molar-refractivity contribution in [3.8, 4) is 0 Å². The quantitative estimate of drug-likeness (QED) is 0.837. The Morgan fingerprint density at radius 1 is 1.25 bits per heavy atom. The lowest BCUT2D eigenvalue weighted by molar-refractivity contribution is -0.139. The van der Waals surface area contributed by atoms with E-state index in [9.17, 15) is 9.59 Å². The van der Waals surface area contributed by atoms with E-state index in [0.29, 0.717) is 25.6 Å². The molecule has 3 aliphatic rings. The molecule has 3 heterocycles. The highest BCUT2D eigenvalue weighted by molar-refractivity contribution is 5.89. The van der Waals surface area contributed by atoms with Crippen LogP contribution in [0, 0.1) is 11.8 Å². The topological polar surface area (TPSA) is 65.5 Å². The summed E-state index contributed by atoms with van der Waals surface area (Å²) in [6, 6.07) is 4.28. The number of hydrogen-bond donors (Lipinski definition) is 1. The Labute approximate surface area is 173 Å². The van der Waals surface area contributed by atoms with Crippen molar-refractivity contribution in [2.75, 3.05) is 26.2 Å². The number of halogens is 1. The first kappa shape index (κ1) is 21.1. The fraction of sp³-hybridized carbons (Fsp3) is 0.667. The van der Waals surface area contributed by atoms with Gasteiger partial charge in [0.1, 0.15) is 0 Å². The second-order valence-electron chi connectivity index (χ2n) is 8.40. The highest BCUT2D eigenvalue weighted by atomic mass is 35.5. The van der Waals surface area contributed by atoms with Crippen LogP contribution in [0.15, 0.2) is 24.5 Å². The van der Waals surface area contributed by atoms with Gasteiger partial charge in [-0.05, 0) is 43.2 Å². The van der Waals surface area contributed by atoms with Crippen LogP contribution in [0.5, 0.6) is 0 Å². The summed E-state index contributed by atoms with van der Waals surface area (Å²) in [7, 11) is 0. The van der Waals surface area contributed by atoms with Crippen molar-refractivity contribution < 1.29 is 9.59 Å². The highest BCUT2D eigenvalue weighted by Crippen LogP contribution is 2.33. The Hall–Kier alpha value is -1.66. The molecule has 0 radical (unpaired) electrons. The Morgan fingerprint density at radius 2 is 2.04 bits per heavy atom. The predicted molar refractivity (Wildman–Crippen MR) is 110 cm³/mol. The van der Waals surface area contributed by atoms with Gasteiger partial charge in [0.15, 0.2) is 0 Å². The van der Waals surface area contributed by atoms with Crippen LogP contribution in [0.4, 0.5) is 0 Å². The summed E-state index contributed by atoms with van der Waals surface area (Å²) in [4.78, 5) is 34.1. The zero-order valence-corrected chi connectivity index (χ0v) is 17.4. The third-order valence-electron chi connectivity index (χ3n) is 6.53. The van der Waals surface area contributed by atoms with Crippen LogP contribution in [0.3, 0.4) is 0 Å². The van der Waals surface area contributed by atoms with Crippen molar-refractivity contribution in [1.82, 2.24) is 20.1 Å². The first-order valence-corrected chi connectivity index (χ1v) is 10.3. The summed E-state index contributed by atoms with van der Waals surface area (Å²) in [5, 5.41) is 3.38. The average molecular weight is 407 g/mol. The SMILES string of the molecule is CC1CCC(N2CC(C(=O)N3CCNCC3c3cccnc3)CC2=O)CC1.Cl. The number of carbonyl (C=O) groups is 2. The van der Waals surface area contributed by atoms with Gasteiger partial charge in [0.25, 0.3) is 0 Å². The number of piperazine rings is 1. The monoisotopic (exact) mass is 406 g/mol. The van der Waals surface area contributed by atoms with Crippen LogP contribution >= 0.6 is 12.4 Å². The summed E-state index contributed by atoms with van der Waals surface area (Å²) in [5.41, 5.74) is 1.06. The Balaban J connectivity index is 0.00000225. The molecule has 4 rings (SSSR count). The van der Waals surface area contributed by atoms with Crippen LogP contribution in [-0.2, 0) is 9.59 Å². The van der Waals surface area contributed by atoms with Crippen molar-refractivity contribution in [3.05, 3.63) is 30.1 Å². The number of hydrogen-bond acceptors (Lipinski definition) is 4. The van der Waals surface area contributed by atoms with Crippen LogP contribution in [0.2, 0.25) is 0 Å². The van der Waals surface area contributed by atoms with Gasteiger partial charge in [0.2, 0.25) is 11.8 Å². The van der Waals surface area contributed by atoms with E-state index >= 15 is 0 Å². The lowest BCUT2D eigenvalue weighted by Gasteiger charge is -2.38. The fourth-order valence-corrected chi connectivity index (χ4v) is 4.88. The van der Waals surface area contributed by atoms with Gasteiger partial charge in [-0.15, -0.1) is 12.4 Å². The van der Waals surface area contributed by atoms with E-state index in [4.69, 9.17) is 0 Å². The van der Waals surface area contributed by atoms with Crippen molar-refractivity contribution in [1.29, 1.82) is 0 Å². The molecule has 2 aliphatic heterocycles. The molecule has 1 aromatic rings. The van der Waals surface area contributed by atoms with Crippen LogP contribution in [0.25, 0.3) is 0 Å². The standard InChI is InChI=1S/C21H30N4O2.ClH/c1-15-4-6-18(7-5-15)25-14-17(11-20(25)26)21(27)24-10-9-23-13-19(24)16-3-2-8-22-12-16;/h2-3,8,12,15,17-19,23H,4-7,9-11,13-14H2,1H3;1H. The molecule has 2 amide bonds. The van der Waals surface area contributed by atoms with E-state index in [-0.39, 0.29) is 36.2 Å². The molecule has 1 aromatic heterocycles. The molecule has 2 atom stereocenters. The van der Waals surface area contributed by atoms with E-state index in [0.717, 1.165) is 37.4 Å². The molecule has 0 spiro atoms. The van der Waals surface area contributed by atoms with E-state index in [1.54, 1.807) is 6.20 Å². The summed E-state index contributed by atoms with van der Waals surface area (Å²) >= 11 is 0. The van der Waals surface area contributed by atoms with Crippen LogP contribution in [0.1, 0.15) is 50.6 Å². The van der Waals surface area contributed by atoms with E-state index in [1.807, 2.05) is 28.1 Å². The zero-order chi connectivity index (χ0) is 18.8. The Bertz CT molecular complexity index is 678. The maximum Gasteiger partial charge on any atom is 0.228 e. The minimum absolute atomic E-state index is 0. The summed E-state index contributed by atoms with van der Waals surface area (Å²) < 4.78 is 0. The number of amides is 2. The molecule has 3 fully saturated rings. The first-order chi connectivity index (χ1) is 13.1. The maximum absolute atomic E-state index is 13.3. The van der Waals surface area contributed by atoms with Gasteiger partial charge in [-0.3, -0.25) is 14.6 Å². The van der Waals surface area contributed by atoms with Gasteiger partial charge in [0, 0.05) is 51.0 Å². The molecule has 0 bridgehead atoms.